The number of halogens is 5. The van der Waals surface area contributed by atoms with Crippen LogP contribution in [0, 0.1) is 12.7 Å². The van der Waals surface area contributed by atoms with Gasteiger partial charge in [-0.2, -0.15) is 13.2 Å². The highest BCUT2D eigenvalue weighted by Gasteiger charge is 2.33. The number of carbonyl (C=O) groups is 1. The molecule has 9 heteroatoms. The average molecular weight is 454 g/mol. The van der Waals surface area contributed by atoms with Gasteiger partial charge in [0.15, 0.2) is 0 Å². The molecule has 1 heterocycles. The Hall–Kier alpha value is -2.87. The van der Waals surface area contributed by atoms with E-state index in [0.717, 1.165) is 17.7 Å². The molecule has 0 saturated heterocycles. The van der Waals surface area contributed by atoms with Crippen molar-refractivity contribution in [1.82, 2.24) is 10.3 Å². The van der Waals surface area contributed by atoms with Gasteiger partial charge in [0.05, 0.1) is 27.7 Å². The van der Waals surface area contributed by atoms with E-state index < -0.39 is 34.5 Å². The van der Waals surface area contributed by atoms with Gasteiger partial charge in [0.25, 0.3) is 5.91 Å². The molecule has 3 rings (SSSR count). The summed E-state index contributed by atoms with van der Waals surface area (Å²) in [4.78, 5) is 16.6. The number of aromatic nitrogens is 1. The number of fused-ring (bicyclic) bond motifs is 1. The van der Waals surface area contributed by atoms with E-state index in [1.165, 1.54) is 18.3 Å². The number of anilines is 1. The summed E-state index contributed by atoms with van der Waals surface area (Å²) in [6.45, 7) is 6.03. The standard InChI is InChI=1S/C22H20ClF4N3O/c1-4-28-19-9-18(24)15(5-11(19)2)12(3)30-21(31)14-6-13-7-17(23)16(22(25,26)27)8-20(13)29-10-14/h5-10,12,28H,4H2,1-3H3,(H,30,31)/t12-/m1/s1. The lowest BCUT2D eigenvalue weighted by Gasteiger charge is -2.18. The van der Waals surface area contributed by atoms with Crippen LogP contribution >= 0.6 is 11.6 Å². The van der Waals surface area contributed by atoms with E-state index in [1.807, 2.05) is 13.8 Å². The van der Waals surface area contributed by atoms with Crippen LogP contribution in [0.15, 0.2) is 36.5 Å². The van der Waals surface area contributed by atoms with Crippen LogP contribution < -0.4 is 10.6 Å². The number of pyridine rings is 1. The molecule has 0 radical (unpaired) electrons. The maximum atomic E-state index is 14.5. The van der Waals surface area contributed by atoms with Crippen LogP contribution in [0.2, 0.25) is 5.02 Å². The summed E-state index contributed by atoms with van der Waals surface area (Å²) in [5.41, 5.74) is 1.02. The van der Waals surface area contributed by atoms with Crippen LogP contribution in [0.25, 0.3) is 10.9 Å². The molecule has 1 amide bonds. The number of nitrogens with zero attached hydrogens (tertiary/aromatic N) is 1. The predicted molar refractivity (Wildman–Crippen MR) is 113 cm³/mol. The van der Waals surface area contributed by atoms with E-state index >= 15 is 0 Å². The second-order valence-electron chi connectivity index (χ2n) is 7.16. The zero-order valence-corrected chi connectivity index (χ0v) is 17.7. The maximum absolute atomic E-state index is 14.5. The lowest BCUT2D eigenvalue weighted by molar-refractivity contribution is -0.137. The van der Waals surface area contributed by atoms with Gasteiger partial charge >= 0.3 is 6.18 Å². The highest BCUT2D eigenvalue weighted by Crippen LogP contribution is 2.36. The fraction of sp³-hybridized carbons (Fsp3) is 0.273. The quantitative estimate of drug-likeness (QED) is 0.447. The first-order chi connectivity index (χ1) is 14.5. The van der Waals surface area contributed by atoms with Gasteiger partial charge in [0.2, 0.25) is 0 Å². The fourth-order valence-electron chi connectivity index (χ4n) is 3.26. The molecule has 2 aromatic carbocycles. The normalized spacial score (nSPS) is 12.6. The van der Waals surface area contributed by atoms with Crippen molar-refractivity contribution in [3.8, 4) is 0 Å². The third-order valence-corrected chi connectivity index (χ3v) is 5.18. The Morgan fingerprint density at radius 2 is 1.90 bits per heavy atom. The minimum atomic E-state index is -4.61. The molecule has 1 aromatic heterocycles. The largest absolute Gasteiger partial charge is 0.417 e. The molecule has 164 valence electrons. The van der Waals surface area contributed by atoms with Crippen LogP contribution in [0.4, 0.5) is 23.2 Å². The van der Waals surface area contributed by atoms with Crippen LogP contribution in [-0.4, -0.2) is 17.4 Å². The van der Waals surface area contributed by atoms with Crippen molar-refractivity contribution < 1.29 is 22.4 Å². The Kier molecular flexibility index (Phi) is 6.40. The molecular weight excluding hydrogens is 434 g/mol. The number of hydrogen-bond donors (Lipinski definition) is 2. The van der Waals surface area contributed by atoms with Crippen LogP contribution in [0.3, 0.4) is 0 Å². The van der Waals surface area contributed by atoms with Gasteiger partial charge in [0.1, 0.15) is 5.82 Å². The van der Waals surface area contributed by atoms with Crippen LogP contribution in [-0.2, 0) is 6.18 Å². The molecule has 0 saturated carbocycles. The minimum absolute atomic E-state index is 0.0574. The first kappa shape index (κ1) is 22.8. The van der Waals surface area contributed by atoms with E-state index in [9.17, 15) is 22.4 Å². The third-order valence-electron chi connectivity index (χ3n) is 4.86. The van der Waals surface area contributed by atoms with Crippen molar-refractivity contribution >= 4 is 34.1 Å². The number of benzene rings is 2. The predicted octanol–water partition coefficient (Wildman–Crippen LogP) is 6.28. The van der Waals surface area contributed by atoms with E-state index in [1.54, 1.807) is 13.0 Å². The summed E-state index contributed by atoms with van der Waals surface area (Å²) in [6, 6.07) is 5.76. The fourth-order valence-corrected chi connectivity index (χ4v) is 3.54. The van der Waals surface area contributed by atoms with Crippen molar-refractivity contribution in [2.45, 2.75) is 33.0 Å². The number of rotatable bonds is 5. The van der Waals surface area contributed by atoms with Gasteiger partial charge in [-0.05, 0) is 56.7 Å². The lowest BCUT2D eigenvalue weighted by atomic mass is 10.0. The second-order valence-corrected chi connectivity index (χ2v) is 7.57. The number of carbonyl (C=O) groups excluding carboxylic acids is 1. The summed E-state index contributed by atoms with van der Waals surface area (Å²) >= 11 is 5.76. The second kappa shape index (κ2) is 8.70. The van der Waals surface area contributed by atoms with Gasteiger partial charge in [-0.1, -0.05) is 11.6 Å². The Balaban J connectivity index is 1.85. The molecule has 0 bridgehead atoms. The molecule has 2 N–H and O–H groups in total. The van der Waals surface area contributed by atoms with E-state index in [0.29, 0.717) is 17.8 Å². The zero-order valence-electron chi connectivity index (χ0n) is 17.0. The van der Waals surface area contributed by atoms with Crippen molar-refractivity contribution in [2.24, 2.45) is 0 Å². The van der Waals surface area contributed by atoms with Gasteiger partial charge in [-0.25, -0.2) is 4.39 Å². The van der Waals surface area contributed by atoms with Crippen molar-refractivity contribution in [3.05, 3.63) is 69.6 Å². The molecule has 0 unspecified atom stereocenters. The molecule has 0 aliphatic carbocycles. The highest BCUT2D eigenvalue weighted by atomic mass is 35.5. The summed E-state index contributed by atoms with van der Waals surface area (Å²) < 4.78 is 53.6. The Labute approximate surface area is 181 Å². The smallest absolute Gasteiger partial charge is 0.385 e. The average Bonchev–Trinajstić information content (AvgIpc) is 2.68. The number of aryl methyl sites for hydroxylation is 1. The highest BCUT2D eigenvalue weighted by molar-refractivity contribution is 6.32. The molecule has 0 aliphatic heterocycles. The monoisotopic (exact) mass is 453 g/mol. The van der Waals surface area contributed by atoms with Gasteiger partial charge in [-0.15, -0.1) is 0 Å². The lowest BCUT2D eigenvalue weighted by Crippen LogP contribution is -2.27. The topological polar surface area (TPSA) is 54.0 Å². The molecular formula is C22H20ClF4N3O. The minimum Gasteiger partial charge on any atom is -0.385 e. The van der Waals surface area contributed by atoms with Crippen molar-refractivity contribution in [2.75, 3.05) is 11.9 Å². The molecule has 0 fully saturated rings. The van der Waals surface area contributed by atoms with E-state index in [-0.39, 0.29) is 16.5 Å². The number of hydrogen-bond acceptors (Lipinski definition) is 3. The zero-order chi connectivity index (χ0) is 22.9. The summed E-state index contributed by atoms with van der Waals surface area (Å²) in [5.74, 6) is -0.997. The van der Waals surface area contributed by atoms with Crippen molar-refractivity contribution in [1.29, 1.82) is 0 Å². The summed E-state index contributed by atoms with van der Waals surface area (Å²) in [7, 11) is 0. The maximum Gasteiger partial charge on any atom is 0.417 e. The SMILES string of the molecule is CCNc1cc(F)c([C@@H](C)NC(=O)c2cnc3cc(C(F)(F)F)c(Cl)cc3c2)cc1C. The Morgan fingerprint density at radius 3 is 2.55 bits per heavy atom. The number of amides is 1. The number of nitrogens with one attached hydrogen (secondary N) is 2. The molecule has 3 aromatic rings. The molecule has 1 atom stereocenters. The van der Waals surface area contributed by atoms with Crippen molar-refractivity contribution in [3.63, 3.8) is 0 Å². The Bertz CT molecular complexity index is 1150. The van der Waals surface area contributed by atoms with Gasteiger partial charge in [-0.3, -0.25) is 9.78 Å². The van der Waals surface area contributed by atoms with Gasteiger partial charge in [0, 0.05) is 29.4 Å². The van der Waals surface area contributed by atoms with Gasteiger partial charge < -0.3 is 10.6 Å². The molecule has 31 heavy (non-hydrogen) atoms. The molecule has 0 spiro atoms. The molecule has 4 nitrogen and oxygen atoms in total. The first-order valence-corrected chi connectivity index (χ1v) is 9.90. The first-order valence-electron chi connectivity index (χ1n) is 9.52. The number of alkyl halides is 3. The summed E-state index contributed by atoms with van der Waals surface area (Å²) in [5, 5.41) is 5.57. The molecule has 0 aliphatic rings. The third kappa shape index (κ3) is 4.90. The van der Waals surface area contributed by atoms with E-state index in [2.05, 4.69) is 15.6 Å². The summed E-state index contributed by atoms with van der Waals surface area (Å²) in [6.07, 6.45) is -3.43. The van der Waals surface area contributed by atoms with Crippen LogP contribution in [0.5, 0.6) is 0 Å². The Morgan fingerprint density at radius 1 is 1.19 bits per heavy atom. The van der Waals surface area contributed by atoms with Crippen LogP contribution in [0.1, 0.15) is 46.9 Å². The van der Waals surface area contributed by atoms with E-state index in [4.69, 9.17) is 11.6 Å².